The van der Waals surface area contributed by atoms with Gasteiger partial charge >= 0.3 is 5.97 Å². The molecule has 0 aliphatic heterocycles. The highest BCUT2D eigenvalue weighted by Crippen LogP contribution is 2.05. The number of ether oxygens (including phenoxy) is 1. The summed E-state index contributed by atoms with van der Waals surface area (Å²) < 4.78 is 4.47. The molecule has 2 N–H and O–H groups in total. The van der Waals surface area contributed by atoms with Crippen molar-refractivity contribution in [1.82, 2.24) is 0 Å². The Morgan fingerprint density at radius 2 is 2.09 bits per heavy atom. The van der Waals surface area contributed by atoms with Crippen LogP contribution < -0.4 is 5.73 Å². The molecule has 0 bridgehead atoms. The maximum Gasteiger partial charge on any atom is 0.322 e. The zero-order chi connectivity index (χ0) is 8.15. The summed E-state index contributed by atoms with van der Waals surface area (Å²) in [4.78, 5) is 10.8. The van der Waals surface area contributed by atoms with Gasteiger partial charge in [-0.1, -0.05) is 20.3 Å². The molecule has 0 aliphatic carbocycles. The molecule has 0 saturated carbocycles. The van der Waals surface area contributed by atoms with Crippen molar-refractivity contribution < 1.29 is 9.53 Å². The number of carbonyl (C=O) groups is 1. The minimum atomic E-state index is -0.463. The molecule has 11 heavy (non-hydrogen) atoms. The van der Waals surface area contributed by atoms with Crippen molar-refractivity contribution >= 4 is 18.4 Å². The Morgan fingerprint density at radius 3 is 2.36 bits per heavy atom. The molecular formula is C7H16ClNO2. The Morgan fingerprint density at radius 1 is 1.64 bits per heavy atom. The second-order valence-electron chi connectivity index (χ2n) is 2.43. The molecule has 0 aromatic rings. The van der Waals surface area contributed by atoms with Gasteiger partial charge in [-0.2, -0.15) is 0 Å². The number of methoxy groups -OCH3 is 1. The van der Waals surface area contributed by atoms with Crippen molar-refractivity contribution in [3.05, 3.63) is 0 Å². The summed E-state index contributed by atoms with van der Waals surface area (Å²) in [5.41, 5.74) is 5.51. The predicted molar refractivity (Wildman–Crippen MR) is 46.7 cm³/mol. The van der Waals surface area contributed by atoms with Crippen molar-refractivity contribution in [1.29, 1.82) is 0 Å². The summed E-state index contributed by atoms with van der Waals surface area (Å²) in [6.45, 7) is 3.93. The van der Waals surface area contributed by atoms with E-state index in [9.17, 15) is 4.79 Å². The Labute approximate surface area is 73.7 Å². The van der Waals surface area contributed by atoms with Gasteiger partial charge in [0.2, 0.25) is 0 Å². The molecule has 2 atom stereocenters. The SMILES string of the molecule is CC[C@@H](C)[C@@H](N)C(=O)OC.Cl. The van der Waals surface area contributed by atoms with Crippen LogP contribution in [0.15, 0.2) is 0 Å². The van der Waals surface area contributed by atoms with Crippen LogP contribution in [0.2, 0.25) is 0 Å². The Bertz CT molecular complexity index is 119. The second-order valence-corrected chi connectivity index (χ2v) is 2.43. The molecule has 0 aliphatic rings. The number of esters is 1. The van der Waals surface area contributed by atoms with E-state index in [1.807, 2.05) is 13.8 Å². The summed E-state index contributed by atoms with van der Waals surface area (Å²) in [6.07, 6.45) is 0.899. The molecule has 68 valence electrons. The van der Waals surface area contributed by atoms with Gasteiger partial charge in [-0.05, 0) is 5.92 Å². The lowest BCUT2D eigenvalue weighted by atomic mass is 10.0. The number of hydrogen-bond donors (Lipinski definition) is 1. The molecule has 0 spiro atoms. The van der Waals surface area contributed by atoms with E-state index in [4.69, 9.17) is 5.73 Å². The molecule has 0 unspecified atom stereocenters. The van der Waals surface area contributed by atoms with Crippen molar-refractivity contribution in [2.75, 3.05) is 7.11 Å². The predicted octanol–water partition coefficient (Wildman–Crippen LogP) is 0.955. The van der Waals surface area contributed by atoms with Crippen LogP contribution in [-0.2, 0) is 9.53 Å². The van der Waals surface area contributed by atoms with E-state index in [-0.39, 0.29) is 24.3 Å². The van der Waals surface area contributed by atoms with Crippen LogP contribution in [0.4, 0.5) is 0 Å². The van der Waals surface area contributed by atoms with E-state index in [0.29, 0.717) is 0 Å². The molecule has 0 fully saturated rings. The van der Waals surface area contributed by atoms with Crippen molar-refractivity contribution in [3.8, 4) is 0 Å². The lowest BCUT2D eigenvalue weighted by molar-refractivity contribution is -0.143. The maximum atomic E-state index is 10.8. The minimum Gasteiger partial charge on any atom is -0.468 e. The van der Waals surface area contributed by atoms with E-state index < -0.39 is 6.04 Å². The van der Waals surface area contributed by atoms with Crippen LogP contribution >= 0.6 is 12.4 Å². The molecule has 0 heterocycles. The van der Waals surface area contributed by atoms with Crippen molar-refractivity contribution in [2.45, 2.75) is 26.3 Å². The van der Waals surface area contributed by atoms with Gasteiger partial charge in [-0.25, -0.2) is 0 Å². The van der Waals surface area contributed by atoms with Gasteiger partial charge in [-0.3, -0.25) is 4.79 Å². The van der Waals surface area contributed by atoms with Crippen LogP contribution in [0.5, 0.6) is 0 Å². The smallest absolute Gasteiger partial charge is 0.322 e. The maximum absolute atomic E-state index is 10.8. The third-order valence-corrected chi connectivity index (χ3v) is 1.73. The molecule has 0 amide bonds. The first-order chi connectivity index (χ1) is 4.63. The first kappa shape index (κ1) is 13.3. The quantitative estimate of drug-likeness (QED) is 0.660. The van der Waals surface area contributed by atoms with E-state index >= 15 is 0 Å². The molecular weight excluding hydrogens is 166 g/mol. The lowest BCUT2D eigenvalue weighted by Crippen LogP contribution is -2.37. The summed E-state index contributed by atoms with van der Waals surface area (Å²) in [6, 6.07) is -0.463. The van der Waals surface area contributed by atoms with Crippen molar-refractivity contribution in [2.24, 2.45) is 11.7 Å². The Kier molecular flexibility index (Phi) is 7.79. The second kappa shape index (κ2) is 6.43. The van der Waals surface area contributed by atoms with Gasteiger partial charge in [0.05, 0.1) is 7.11 Å². The van der Waals surface area contributed by atoms with Gasteiger partial charge in [0.15, 0.2) is 0 Å². The Balaban J connectivity index is 0. The molecule has 4 heteroatoms. The number of hydrogen-bond acceptors (Lipinski definition) is 3. The van der Waals surface area contributed by atoms with Crippen LogP contribution in [0.25, 0.3) is 0 Å². The highest BCUT2D eigenvalue weighted by atomic mass is 35.5. The van der Waals surface area contributed by atoms with Crippen LogP contribution in [0.3, 0.4) is 0 Å². The van der Waals surface area contributed by atoms with Gasteiger partial charge in [0, 0.05) is 0 Å². The third-order valence-electron chi connectivity index (χ3n) is 1.73. The average Bonchev–Trinajstić information content (AvgIpc) is 2.00. The van der Waals surface area contributed by atoms with E-state index in [2.05, 4.69) is 4.74 Å². The molecule has 0 aromatic carbocycles. The van der Waals surface area contributed by atoms with E-state index in [0.717, 1.165) is 6.42 Å². The summed E-state index contributed by atoms with van der Waals surface area (Å²) in [5.74, 6) is -0.123. The highest BCUT2D eigenvalue weighted by Gasteiger charge is 2.19. The third kappa shape index (κ3) is 4.22. The van der Waals surface area contributed by atoms with E-state index in [1.54, 1.807) is 0 Å². The largest absolute Gasteiger partial charge is 0.468 e. The summed E-state index contributed by atoms with van der Waals surface area (Å²) in [7, 11) is 1.35. The fourth-order valence-electron chi connectivity index (χ4n) is 0.622. The van der Waals surface area contributed by atoms with E-state index in [1.165, 1.54) is 7.11 Å². The van der Waals surface area contributed by atoms with Crippen LogP contribution in [0, 0.1) is 5.92 Å². The average molecular weight is 182 g/mol. The zero-order valence-electron chi connectivity index (χ0n) is 7.16. The first-order valence-electron chi connectivity index (χ1n) is 3.46. The molecule has 0 aromatic heterocycles. The number of rotatable bonds is 3. The Hall–Kier alpha value is -0.280. The molecule has 0 radical (unpaired) electrons. The normalized spacial score (nSPS) is 14.5. The number of nitrogens with two attached hydrogens (primary N) is 1. The van der Waals surface area contributed by atoms with Gasteiger partial charge in [0.1, 0.15) is 6.04 Å². The topological polar surface area (TPSA) is 52.3 Å². The van der Waals surface area contributed by atoms with Gasteiger partial charge < -0.3 is 10.5 Å². The summed E-state index contributed by atoms with van der Waals surface area (Å²) >= 11 is 0. The number of halogens is 1. The molecule has 0 rings (SSSR count). The van der Waals surface area contributed by atoms with Gasteiger partial charge in [-0.15, -0.1) is 12.4 Å². The zero-order valence-corrected chi connectivity index (χ0v) is 7.98. The standard InChI is InChI=1S/C7H15NO2.ClH/c1-4-5(2)6(8)7(9)10-3;/h5-6H,4,8H2,1-3H3;1H/t5-,6-;/m1./s1. The van der Waals surface area contributed by atoms with Crippen molar-refractivity contribution in [3.63, 3.8) is 0 Å². The summed E-state index contributed by atoms with van der Waals surface area (Å²) in [5, 5.41) is 0. The van der Waals surface area contributed by atoms with Crippen LogP contribution in [-0.4, -0.2) is 19.1 Å². The monoisotopic (exact) mass is 181 g/mol. The lowest BCUT2D eigenvalue weighted by Gasteiger charge is -2.14. The first-order valence-corrected chi connectivity index (χ1v) is 3.46. The number of carbonyl (C=O) groups excluding carboxylic acids is 1. The molecule has 0 saturated heterocycles. The highest BCUT2D eigenvalue weighted by molar-refractivity contribution is 5.85. The van der Waals surface area contributed by atoms with Crippen LogP contribution in [0.1, 0.15) is 20.3 Å². The molecule has 3 nitrogen and oxygen atoms in total. The fourth-order valence-corrected chi connectivity index (χ4v) is 0.622. The fraction of sp³-hybridized carbons (Fsp3) is 0.857. The minimum absolute atomic E-state index is 0. The van der Waals surface area contributed by atoms with Gasteiger partial charge in [0.25, 0.3) is 0 Å².